The molecule has 0 amide bonds. The molecule has 1 atom stereocenters. The lowest BCUT2D eigenvalue weighted by molar-refractivity contribution is -0.304. The van der Waals surface area contributed by atoms with E-state index in [9.17, 15) is 26.3 Å². The molecule has 0 bridgehead atoms. The molecule has 0 aromatic heterocycles. The molecule has 1 aromatic carbocycles. The second-order valence-electron chi connectivity index (χ2n) is 6.81. The van der Waals surface area contributed by atoms with Gasteiger partial charge in [0.05, 0.1) is 5.02 Å². The Morgan fingerprint density at radius 3 is 2.30 bits per heavy atom. The predicted octanol–water partition coefficient (Wildman–Crippen LogP) is 7.44. The van der Waals surface area contributed by atoms with Crippen molar-refractivity contribution in [3.63, 3.8) is 0 Å². The standard InChI is InChI=1S/C19H21ClF6O/c1-2-12-3-5-13(6-4-12)7-8-14-9-10-16(15(20)11-14)27-19(25,26)17(21)18(22,23)24/h7-13,17H,2-6H2,1H3. The minimum absolute atomic E-state index is 0.319. The molecule has 27 heavy (non-hydrogen) atoms. The Morgan fingerprint density at radius 1 is 1.15 bits per heavy atom. The first-order valence-corrected chi connectivity index (χ1v) is 9.16. The van der Waals surface area contributed by atoms with E-state index in [1.165, 1.54) is 18.6 Å². The number of alkyl halides is 6. The maximum atomic E-state index is 13.3. The predicted molar refractivity (Wildman–Crippen MR) is 92.8 cm³/mol. The summed E-state index contributed by atoms with van der Waals surface area (Å²) in [7, 11) is 0. The van der Waals surface area contributed by atoms with Crippen LogP contribution in [-0.2, 0) is 0 Å². The van der Waals surface area contributed by atoms with E-state index >= 15 is 0 Å². The Morgan fingerprint density at radius 2 is 1.78 bits per heavy atom. The van der Waals surface area contributed by atoms with E-state index in [1.807, 2.05) is 6.08 Å². The smallest absolute Gasteiger partial charge is 0.429 e. The third kappa shape index (κ3) is 6.06. The lowest BCUT2D eigenvalue weighted by atomic mass is 9.80. The van der Waals surface area contributed by atoms with Crippen LogP contribution in [0.1, 0.15) is 44.6 Å². The molecule has 1 fully saturated rings. The third-order valence-corrected chi connectivity index (χ3v) is 5.11. The number of ether oxygens (including phenoxy) is 1. The van der Waals surface area contributed by atoms with Crippen LogP contribution in [0.4, 0.5) is 26.3 Å². The minimum atomic E-state index is -5.74. The fourth-order valence-electron chi connectivity index (χ4n) is 3.13. The topological polar surface area (TPSA) is 9.23 Å². The summed E-state index contributed by atoms with van der Waals surface area (Å²) in [6, 6.07) is 3.68. The fraction of sp³-hybridized carbons (Fsp3) is 0.579. The Bertz CT molecular complexity index is 650. The Kier molecular flexibility index (Phi) is 7.11. The van der Waals surface area contributed by atoms with E-state index in [-0.39, 0.29) is 5.02 Å². The molecule has 8 heteroatoms. The number of hydrogen-bond acceptors (Lipinski definition) is 1. The molecule has 0 spiro atoms. The van der Waals surface area contributed by atoms with Gasteiger partial charge in [-0.05, 0) is 55.2 Å². The van der Waals surface area contributed by atoms with Gasteiger partial charge in [0.15, 0.2) is 0 Å². The molecular formula is C19H21ClF6O. The zero-order valence-electron chi connectivity index (χ0n) is 14.7. The van der Waals surface area contributed by atoms with Crippen LogP contribution < -0.4 is 4.74 Å². The van der Waals surface area contributed by atoms with Crippen molar-refractivity contribution in [3.05, 3.63) is 34.9 Å². The van der Waals surface area contributed by atoms with Crippen LogP contribution in [0.25, 0.3) is 6.08 Å². The van der Waals surface area contributed by atoms with Gasteiger partial charge in [-0.3, -0.25) is 0 Å². The van der Waals surface area contributed by atoms with Crippen molar-refractivity contribution in [3.8, 4) is 5.75 Å². The van der Waals surface area contributed by atoms with Crippen LogP contribution in [0.15, 0.2) is 24.3 Å². The van der Waals surface area contributed by atoms with Crippen LogP contribution in [0.3, 0.4) is 0 Å². The number of halogens is 7. The van der Waals surface area contributed by atoms with Gasteiger partial charge in [-0.2, -0.15) is 22.0 Å². The van der Waals surface area contributed by atoms with Crippen LogP contribution in [0, 0.1) is 11.8 Å². The minimum Gasteiger partial charge on any atom is -0.429 e. The molecule has 1 unspecified atom stereocenters. The molecule has 152 valence electrons. The fourth-order valence-corrected chi connectivity index (χ4v) is 3.36. The monoisotopic (exact) mass is 414 g/mol. The Balaban J connectivity index is 2.02. The number of hydrogen-bond donors (Lipinski definition) is 0. The van der Waals surface area contributed by atoms with Crippen molar-refractivity contribution in [2.24, 2.45) is 11.8 Å². The normalized spacial score (nSPS) is 22.8. The van der Waals surface area contributed by atoms with Gasteiger partial charge in [0.1, 0.15) is 5.75 Å². The average Bonchev–Trinajstić information content (AvgIpc) is 2.61. The van der Waals surface area contributed by atoms with Gasteiger partial charge in [0.2, 0.25) is 0 Å². The van der Waals surface area contributed by atoms with Crippen LogP contribution in [0.2, 0.25) is 5.02 Å². The van der Waals surface area contributed by atoms with E-state index in [2.05, 4.69) is 11.7 Å². The van der Waals surface area contributed by atoms with Gasteiger partial charge < -0.3 is 4.74 Å². The summed E-state index contributed by atoms with van der Waals surface area (Å²) >= 11 is 5.82. The second kappa shape index (κ2) is 8.76. The molecule has 1 aromatic rings. The summed E-state index contributed by atoms with van der Waals surface area (Å²) in [5, 5.41) is -0.319. The summed E-state index contributed by atoms with van der Waals surface area (Å²) in [5.74, 6) is 0.471. The zero-order valence-corrected chi connectivity index (χ0v) is 15.5. The maximum Gasteiger partial charge on any atom is 0.439 e. The Hall–Kier alpha value is -1.37. The summed E-state index contributed by atoms with van der Waals surface area (Å²) in [6.07, 6.45) is -5.80. The van der Waals surface area contributed by atoms with Crippen LogP contribution in [0.5, 0.6) is 5.75 Å². The molecule has 2 rings (SSSR count). The van der Waals surface area contributed by atoms with E-state index in [0.717, 1.165) is 37.7 Å². The molecule has 0 radical (unpaired) electrons. The highest BCUT2D eigenvalue weighted by Crippen LogP contribution is 2.39. The van der Waals surface area contributed by atoms with Gasteiger partial charge in [0.25, 0.3) is 6.17 Å². The summed E-state index contributed by atoms with van der Waals surface area (Å²) in [6.45, 7) is 2.18. The maximum absolute atomic E-state index is 13.3. The van der Waals surface area contributed by atoms with Gasteiger partial charge >= 0.3 is 12.3 Å². The largest absolute Gasteiger partial charge is 0.439 e. The molecule has 0 aliphatic heterocycles. The van der Waals surface area contributed by atoms with Crippen molar-refractivity contribution in [1.29, 1.82) is 0 Å². The SMILES string of the molecule is CCC1CCC(C=Cc2ccc(OC(F)(F)C(F)C(F)(F)F)c(Cl)c2)CC1. The van der Waals surface area contributed by atoms with Gasteiger partial charge in [-0.15, -0.1) is 0 Å². The first-order valence-electron chi connectivity index (χ1n) is 8.78. The highest BCUT2D eigenvalue weighted by atomic mass is 35.5. The van der Waals surface area contributed by atoms with Crippen molar-refractivity contribution in [1.82, 2.24) is 0 Å². The number of allylic oxidation sites excluding steroid dienone is 1. The van der Waals surface area contributed by atoms with E-state index in [1.54, 1.807) is 6.08 Å². The van der Waals surface area contributed by atoms with Crippen molar-refractivity contribution < 1.29 is 31.1 Å². The highest BCUT2D eigenvalue weighted by molar-refractivity contribution is 6.32. The first-order chi connectivity index (χ1) is 12.5. The highest BCUT2D eigenvalue weighted by Gasteiger charge is 2.59. The van der Waals surface area contributed by atoms with Crippen molar-refractivity contribution in [2.75, 3.05) is 0 Å². The molecular weight excluding hydrogens is 394 g/mol. The number of rotatable bonds is 6. The van der Waals surface area contributed by atoms with E-state index in [0.29, 0.717) is 11.5 Å². The van der Waals surface area contributed by atoms with Gasteiger partial charge in [0, 0.05) is 0 Å². The Labute approximate surface area is 159 Å². The molecule has 0 N–H and O–H groups in total. The summed E-state index contributed by atoms with van der Waals surface area (Å²) in [4.78, 5) is 0. The molecule has 1 nitrogen and oxygen atoms in total. The second-order valence-corrected chi connectivity index (χ2v) is 7.21. The van der Waals surface area contributed by atoms with E-state index in [4.69, 9.17) is 11.6 Å². The first kappa shape index (κ1) is 21.9. The summed E-state index contributed by atoms with van der Waals surface area (Å²) < 4.78 is 80.0. The van der Waals surface area contributed by atoms with E-state index < -0.39 is 24.2 Å². The summed E-state index contributed by atoms with van der Waals surface area (Å²) in [5.41, 5.74) is 0.598. The lowest BCUT2D eigenvalue weighted by Gasteiger charge is -2.25. The third-order valence-electron chi connectivity index (χ3n) is 4.81. The zero-order chi connectivity index (χ0) is 20.2. The average molecular weight is 415 g/mol. The van der Waals surface area contributed by atoms with Crippen molar-refractivity contribution in [2.45, 2.75) is 57.5 Å². The molecule has 1 saturated carbocycles. The van der Waals surface area contributed by atoms with Crippen LogP contribution in [-0.4, -0.2) is 18.5 Å². The molecule has 0 saturated heterocycles. The molecule has 0 heterocycles. The molecule has 1 aliphatic carbocycles. The van der Waals surface area contributed by atoms with Crippen molar-refractivity contribution >= 4 is 17.7 Å². The van der Waals surface area contributed by atoms with Gasteiger partial charge in [-0.1, -0.05) is 43.2 Å². The molecule has 1 aliphatic rings. The number of benzene rings is 1. The van der Waals surface area contributed by atoms with Crippen LogP contribution >= 0.6 is 11.6 Å². The lowest BCUT2D eigenvalue weighted by Crippen LogP contribution is -2.45. The van der Waals surface area contributed by atoms with Gasteiger partial charge in [-0.25, -0.2) is 4.39 Å². The quantitative estimate of drug-likeness (QED) is 0.439.